The summed E-state index contributed by atoms with van der Waals surface area (Å²) in [5.74, 6) is 0. The van der Waals surface area contributed by atoms with Crippen LogP contribution >= 0.6 is 0 Å². The first-order valence-electron chi connectivity index (χ1n) is 2.98. The Hall–Kier alpha value is -0.0800. The van der Waals surface area contributed by atoms with Crippen molar-refractivity contribution in [1.82, 2.24) is 0 Å². The van der Waals surface area contributed by atoms with E-state index < -0.39 is 0 Å². The standard InChI is InChI=1S/C6H11O2/c1-2-7-6-4-3-5-8-6/h2,6H,3-5H2,1H3. The zero-order valence-corrected chi connectivity index (χ0v) is 5.09. The summed E-state index contributed by atoms with van der Waals surface area (Å²) in [6, 6.07) is 0. The summed E-state index contributed by atoms with van der Waals surface area (Å²) >= 11 is 0. The van der Waals surface area contributed by atoms with E-state index in [1.807, 2.05) is 6.92 Å². The fourth-order valence-electron chi connectivity index (χ4n) is 0.807. The van der Waals surface area contributed by atoms with E-state index in [-0.39, 0.29) is 6.29 Å². The molecule has 2 heteroatoms. The molecule has 0 amide bonds. The molecular formula is C6H11O2. The molecule has 1 saturated heterocycles. The quantitative estimate of drug-likeness (QED) is 0.540. The van der Waals surface area contributed by atoms with Crippen LogP contribution in [0.3, 0.4) is 0 Å². The van der Waals surface area contributed by atoms with Crippen molar-refractivity contribution in [2.45, 2.75) is 26.1 Å². The van der Waals surface area contributed by atoms with Crippen molar-refractivity contribution < 1.29 is 9.47 Å². The molecule has 1 rings (SSSR count). The van der Waals surface area contributed by atoms with Crippen LogP contribution in [0.25, 0.3) is 0 Å². The van der Waals surface area contributed by atoms with Crippen molar-refractivity contribution in [2.75, 3.05) is 6.61 Å². The number of hydrogen-bond acceptors (Lipinski definition) is 2. The van der Waals surface area contributed by atoms with E-state index >= 15 is 0 Å². The monoisotopic (exact) mass is 115 g/mol. The van der Waals surface area contributed by atoms with Gasteiger partial charge in [-0.05, 0) is 13.3 Å². The molecule has 0 spiro atoms. The van der Waals surface area contributed by atoms with Gasteiger partial charge in [0.2, 0.25) is 0 Å². The van der Waals surface area contributed by atoms with Crippen molar-refractivity contribution in [3.05, 3.63) is 6.61 Å². The first-order chi connectivity index (χ1) is 3.93. The summed E-state index contributed by atoms with van der Waals surface area (Å²) in [6.45, 7) is 4.40. The maximum Gasteiger partial charge on any atom is 0.158 e. The molecule has 47 valence electrons. The van der Waals surface area contributed by atoms with Crippen molar-refractivity contribution in [2.24, 2.45) is 0 Å². The normalized spacial score (nSPS) is 28.9. The summed E-state index contributed by atoms with van der Waals surface area (Å²) < 4.78 is 10.2. The number of ether oxygens (including phenoxy) is 2. The third kappa shape index (κ3) is 1.46. The molecule has 1 aliphatic heterocycles. The predicted octanol–water partition coefficient (Wildman–Crippen LogP) is 1.32. The third-order valence-electron chi connectivity index (χ3n) is 1.18. The van der Waals surface area contributed by atoms with Gasteiger partial charge in [-0.2, -0.15) is 0 Å². The van der Waals surface area contributed by atoms with Crippen LogP contribution in [0.2, 0.25) is 0 Å². The van der Waals surface area contributed by atoms with Gasteiger partial charge in [-0.15, -0.1) is 0 Å². The minimum Gasteiger partial charge on any atom is -0.353 e. The van der Waals surface area contributed by atoms with Gasteiger partial charge in [-0.25, -0.2) is 0 Å². The Bertz CT molecular complexity index is 57.5. The minimum absolute atomic E-state index is 0.0556. The highest BCUT2D eigenvalue weighted by molar-refractivity contribution is 4.55. The van der Waals surface area contributed by atoms with Gasteiger partial charge in [0.1, 0.15) is 0 Å². The van der Waals surface area contributed by atoms with Gasteiger partial charge >= 0.3 is 0 Å². The molecular weight excluding hydrogens is 104 g/mol. The van der Waals surface area contributed by atoms with Gasteiger partial charge in [-0.3, -0.25) is 0 Å². The smallest absolute Gasteiger partial charge is 0.158 e. The second-order valence-corrected chi connectivity index (χ2v) is 1.81. The average Bonchev–Trinajstić information content (AvgIpc) is 2.19. The van der Waals surface area contributed by atoms with Crippen LogP contribution in [-0.2, 0) is 9.47 Å². The number of rotatable bonds is 2. The molecule has 0 aliphatic carbocycles. The second kappa shape index (κ2) is 3.05. The molecule has 1 atom stereocenters. The minimum atomic E-state index is 0.0556. The summed E-state index contributed by atoms with van der Waals surface area (Å²) in [6.07, 6.45) is 2.24. The van der Waals surface area contributed by atoms with E-state index in [0.717, 1.165) is 19.4 Å². The Morgan fingerprint density at radius 3 is 3.12 bits per heavy atom. The van der Waals surface area contributed by atoms with Crippen molar-refractivity contribution in [3.8, 4) is 0 Å². The molecule has 0 N–H and O–H groups in total. The van der Waals surface area contributed by atoms with E-state index in [2.05, 4.69) is 0 Å². The maximum atomic E-state index is 5.14. The third-order valence-corrected chi connectivity index (χ3v) is 1.18. The Labute approximate surface area is 49.8 Å². The summed E-state index contributed by atoms with van der Waals surface area (Å²) in [7, 11) is 0. The Morgan fingerprint density at radius 1 is 1.75 bits per heavy atom. The molecule has 0 aromatic carbocycles. The zero-order valence-electron chi connectivity index (χ0n) is 5.09. The molecule has 1 aliphatic rings. The lowest BCUT2D eigenvalue weighted by molar-refractivity contribution is -0.0838. The topological polar surface area (TPSA) is 18.5 Å². The molecule has 0 aromatic heterocycles. The lowest BCUT2D eigenvalue weighted by Gasteiger charge is -2.06. The molecule has 0 bridgehead atoms. The highest BCUT2D eigenvalue weighted by Gasteiger charge is 2.13. The zero-order chi connectivity index (χ0) is 5.82. The first-order valence-corrected chi connectivity index (χ1v) is 2.98. The lowest BCUT2D eigenvalue weighted by Crippen LogP contribution is -2.06. The fraction of sp³-hybridized carbons (Fsp3) is 0.833. The Morgan fingerprint density at radius 2 is 2.62 bits per heavy atom. The Kier molecular flexibility index (Phi) is 2.30. The van der Waals surface area contributed by atoms with E-state index in [1.54, 1.807) is 6.61 Å². The fourth-order valence-corrected chi connectivity index (χ4v) is 0.807. The van der Waals surface area contributed by atoms with E-state index in [0.29, 0.717) is 0 Å². The van der Waals surface area contributed by atoms with Gasteiger partial charge in [-0.1, -0.05) is 0 Å². The van der Waals surface area contributed by atoms with Crippen LogP contribution in [0, 0.1) is 6.61 Å². The lowest BCUT2D eigenvalue weighted by atomic mass is 10.4. The van der Waals surface area contributed by atoms with Gasteiger partial charge in [0.05, 0.1) is 6.61 Å². The van der Waals surface area contributed by atoms with Crippen LogP contribution in [0.1, 0.15) is 19.8 Å². The predicted molar refractivity (Wildman–Crippen MR) is 30.0 cm³/mol. The van der Waals surface area contributed by atoms with Crippen LogP contribution in [0.15, 0.2) is 0 Å². The highest BCUT2D eigenvalue weighted by atomic mass is 16.7. The first kappa shape index (κ1) is 6.05. The van der Waals surface area contributed by atoms with Crippen LogP contribution in [-0.4, -0.2) is 12.9 Å². The van der Waals surface area contributed by atoms with Crippen LogP contribution < -0.4 is 0 Å². The van der Waals surface area contributed by atoms with Crippen molar-refractivity contribution in [1.29, 1.82) is 0 Å². The van der Waals surface area contributed by atoms with Crippen LogP contribution in [0.4, 0.5) is 0 Å². The molecule has 8 heavy (non-hydrogen) atoms. The second-order valence-electron chi connectivity index (χ2n) is 1.81. The molecule has 1 heterocycles. The van der Waals surface area contributed by atoms with E-state index in [9.17, 15) is 0 Å². The molecule has 1 radical (unpaired) electrons. The van der Waals surface area contributed by atoms with Gasteiger partial charge in [0, 0.05) is 13.0 Å². The van der Waals surface area contributed by atoms with Gasteiger partial charge in [0.15, 0.2) is 6.29 Å². The SMILES string of the molecule is C[CH]OC1CCCO1. The van der Waals surface area contributed by atoms with Crippen LogP contribution in [0.5, 0.6) is 0 Å². The molecule has 0 saturated carbocycles. The van der Waals surface area contributed by atoms with Crippen molar-refractivity contribution >= 4 is 0 Å². The maximum absolute atomic E-state index is 5.14. The van der Waals surface area contributed by atoms with Gasteiger partial charge in [0.25, 0.3) is 0 Å². The van der Waals surface area contributed by atoms with E-state index in [1.165, 1.54) is 0 Å². The summed E-state index contributed by atoms with van der Waals surface area (Å²) in [5, 5.41) is 0. The summed E-state index contributed by atoms with van der Waals surface area (Å²) in [5.41, 5.74) is 0. The van der Waals surface area contributed by atoms with E-state index in [4.69, 9.17) is 9.47 Å². The molecule has 2 nitrogen and oxygen atoms in total. The average molecular weight is 115 g/mol. The highest BCUT2D eigenvalue weighted by Crippen LogP contribution is 2.13. The number of hydrogen-bond donors (Lipinski definition) is 0. The largest absolute Gasteiger partial charge is 0.353 e. The molecule has 1 fully saturated rings. The van der Waals surface area contributed by atoms with Crippen molar-refractivity contribution in [3.63, 3.8) is 0 Å². The molecule has 1 unspecified atom stereocenters. The summed E-state index contributed by atoms with van der Waals surface area (Å²) in [4.78, 5) is 0. The van der Waals surface area contributed by atoms with Gasteiger partial charge < -0.3 is 9.47 Å². The Balaban J connectivity index is 2.06. The molecule has 0 aromatic rings.